The van der Waals surface area contributed by atoms with Crippen molar-refractivity contribution < 1.29 is 14.3 Å². The van der Waals surface area contributed by atoms with E-state index in [1.165, 1.54) is 6.08 Å². The second-order valence-corrected chi connectivity index (χ2v) is 6.26. The molecule has 2 aromatic rings. The quantitative estimate of drug-likeness (QED) is 0.578. The second kappa shape index (κ2) is 8.10. The number of imide groups is 1. The number of nitrogens with one attached hydrogen (secondary N) is 1. The summed E-state index contributed by atoms with van der Waals surface area (Å²) in [4.78, 5) is 27.0. The molecule has 0 bridgehead atoms. The smallest absolute Gasteiger partial charge is 0.278 e. The summed E-state index contributed by atoms with van der Waals surface area (Å²) < 4.78 is 5.61. The lowest BCUT2D eigenvalue weighted by Crippen LogP contribution is -2.32. The second-order valence-electron chi connectivity index (χ2n) is 5.82. The molecule has 0 atom stereocenters. The Morgan fingerprint density at radius 3 is 2.48 bits per heavy atom. The topological polar surface area (TPSA) is 58.6 Å². The van der Waals surface area contributed by atoms with Gasteiger partial charge in [-0.15, -0.1) is 6.58 Å². The molecule has 2 amide bonds. The van der Waals surface area contributed by atoms with Crippen LogP contribution >= 0.6 is 11.6 Å². The van der Waals surface area contributed by atoms with Crippen molar-refractivity contribution in [2.45, 2.75) is 6.92 Å². The van der Waals surface area contributed by atoms with Gasteiger partial charge in [0, 0.05) is 11.6 Å². The van der Waals surface area contributed by atoms with Crippen LogP contribution < -0.4 is 10.1 Å². The average molecular weight is 383 g/mol. The Kier molecular flexibility index (Phi) is 5.62. The number of benzene rings is 2. The lowest BCUT2D eigenvalue weighted by atomic mass is 10.0. The van der Waals surface area contributed by atoms with Crippen molar-refractivity contribution in [3.63, 3.8) is 0 Å². The number of hydrogen-bond acceptors (Lipinski definition) is 4. The van der Waals surface area contributed by atoms with E-state index >= 15 is 0 Å². The number of anilines is 1. The average Bonchev–Trinajstić information content (AvgIpc) is 2.89. The van der Waals surface area contributed by atoms with Crippen LogP contribution in [0.5, 0.6) is 5.75 Å². The Morgan fingerprint density at radius 2 is 1.81 bits per heavy atom. The Labute approximate surface area is 162 Å². The molecular formula is C21H19ClN2O3. The molecule has 0 unspecified atom stereocenters. The molecule has 1 aliphatic rings. The summed E-state index contributed by atoms with van der Waals surface area (Å²) in [6.45, 7) is 6.12. The molecule has 1 heterocycles. The highest BCUT2D eigenvalue weighted by Gasteiger charge is 2.38. The molecule has 0 saturated heterocycles. The standard InChI is InChI=1S/C21H19ClN2O3/c1-3-13-24-20(25)18(14-9-11-15(22)12-10-14)19(21(24)26)23-16-7-5-6-8-17(16)27-4-2/h3,5-12,23H,1,4,13H2,2H3. The van der Waals surface area contributed by atoms with Crippen LogP contribution in [0.2, 0.25) is 5.02 Å². The molecule has 6 heteroatoms. The number of hydrogen-bond donors (Lipinski definition) is 1. The molecule has 0 aliphatic carbocycles. The zero-order valence-corrected chi connectivity index (χ0v) is 15.6. The first-order valence-electron chi connectivity index (χ1n) is 8.53. The van der Waals surface area contributed by atoms with Crippen molar-refractivity contribution in [2.75, 3.05) is 18.5 Å². The van der Waals surface area contributed by atoms with Gasteiger partial charge in [-0.3, -0.25) is 14.5 Å². The lowest BCUT2D eigenvalue weighted by molar-refractivity contribution is -0.136. The van der Waals surface area contributed by atoms with E-state index in [0.29, 0.717) is 34.2 Å². The molecule has 0 saturated carbocycles. The van der Waals surface area contributed by atoms with Crippen molar-refractivity contribution in [2.24, 2.45) is 0 Å². The maximum Gasteiger partial charge on any atom is 0.278 e. The molecule has 1 aliphatic heterocycles. The maximum atomic E-state index is 12.9. The van der Waals surface area contributed by atoms with Crippen molar-refractivity contribution in [3.05, 3.63) is 77.5 Å². The molecule has 0 fully saturated rings. The number of carbonyl (C=O) groups excluding carboxylic acids is 2. The van der Waals surface area contributed by atoms with Gasteiger partial charge in [-0.1, -0.05) is 41.9 Å². The van der Waals surface area contributed by atoms with E-state index in [4.69, 9.17) is 16.3 Å². The zero-order valence-electron chi connectivity index (χ0n) is 14.9. The van der Waals surface area contributed by atoms with Gasteiger partial charge < -0.3 is 10.1 Å². The van der Waals surface area contributed by atoms with E-state index < -0.39 is 5.91 Å². The third kappa shape index (κ3) is 3.73. The van der Waals surface area contributed by atoms with E-state index in [9.17, 15) is 9.59 Å². The van der Waals surface area contributed by atoms with Crippen molar-refractivity contribution in [3.8, 4) is 5.75 Å². The van der Waals surface area contributed by atoms with Gasteiger partial charge in [-0.05, 0) is 36.8 Å². The Morgan fingerprint density at radius 1 is 1.11 bits per heavy atom. The Hall–Kier alpha value is -3.05. The fraction of sp³-hybridized carbons (Fsp3) is 0.143. The molecule has 3 rings (SSSR count). The third-order valence-electron chi connectivity index (χ3n) is 4.06. The van der Waals surface area contributed by atoms with Gasteiger partial charge in [0.1, 0.15) is 11.4 Å². The fourth-order valence-electron chi connectivity index (χ4n) is 2.86. The highest BCUT2D eigenvalue weighted by atomic mass is 35.5. The van der Waals surface area contributed by atoms with E-state index in [1.54, 1.807) is 36.4 Å². The summed E-state index contributed by atoms with van der Waals surface area (Å²) in [5, 5.41) is 3.65. The Bertz CT molecular complexity index is 919. The van der Waals surface area contributed by atoms with E-state index in [1.807, 2.05) is 19.1 Å². The van der Waals surface area contributed by atoms with Crippen LogP contribution in [0.1, 0.15) is 12.5 Å². The molecule has 5 nitrogen and oxygen atoms in total. The summed E-state index contributed by atoms with van der Waals surface area (Å²) >= 11 is 5.96. The number of amides is 2. The fourth-order valence-corrected chi connectivity index (χ4v) is 2.98. The van der Waals surface area contributed by atoms with Crippen LogP contribution in [0.4, 0.5) is 5.69 Å². The van der Waals surface area contributed by atoms with E-state index in [0.717, 1.165) is 4.90 Å². The lowest BCUT2D eigenvalue weighted by Gasteiger charge is -2.14. The van der Waals surface area contributed by atoms with Gasteiger partial charge in [-0.2, -0.15) is 0 Å². The summed E-state index contributed by atoms with van der Waals surface area (Å²) in [6.07, 6.45) is 1.52. The highest BCUT2D eigenvalue weighted by Crippen LogP contribution is 2.33. The summed E-state index contributed by atoms with van der Waals surface area (Å²) in [7, 11) is 0. The minimum absolute atomic E-state index is 0.132. The summed E-state index contributed by atoms with van der Waals surface area (Å²) in [5.74, 6) is -0.180. The number of halogens is 1. The zero-order chi connectivity index (χ0) is 19.4. The van der Waals surface area contributed by atoms with Crippen LogP contribution in [-0.2, 0) is 9.59 Å². The van der Waals surface area contributed by atoms with Crippen molar-refractivity contribution in [1.82, 2.24) is 4.90 Å². The van der Waals surface area contributed by atoms with E-state index in [2.05, 4.69) is 11.9 Å². The highest BCUT2D eigenvalue weighted by molar-refractivity contribution is 6.37. The SMILES string of the molecule is C=CCN1C(=O)C(Nc2ccccc2OCC)=C(c2ccc(Cl)cc2)C1=O. The van der Waals surface area contributed by atoms with Gasteiger partial charge in [0.25, 0.3) is 11.8 Å². The third-order valence-corrected chi connectivity index (χ3v) is 4.31. The first kappa shape index (κ1) is 18.7. The molecule has 27 heavy (non-hydrogen) atoms. The van der Waals surface area contributed by atoms with Crippen LogP contribution in [0.3, 0.4) is 0 Å². The molecule has 0 spiro atoms. The van der Waals surface area contributed by atoms with Crippen LogP contribution in [0, 0.1) is 0 Å². The predicted octanol–water partition coefficient (Wildman–Crippen LogP) is 4.12. The minimum Gasteiger partial charge on any atom is -0.492 e. The van der Waals surface area contributed by atoms with Gasteiger partial charge in [0.15, 0.2) is 0 Å². The largest absolute Gasteiger partial charge is 0.492 e. The van der Waals surface area contributed by atoms with E-state index in [-0.39, 0.29) is 18.1 Å². The number of para-hydroxylation sites is 2. The normalized spacial score (nSPS) is 13.9. The first-order valence-corrected chi connectivity index (χ1v) is 8.90. The number of rotatable bonds is 7. The number of ether oxygens (including phenoxy) is 1. The van der Waals surface area contributed by atoms with Gasteiger partial charge >= 0.3 is 0 Å². The minimum atomic E-state index is -0.406. The summed E-state index contributed by atoms with van der Waals surface area (Å²) in [5.41, 5.74) is 1.73. The summed E-state index contributed by atoms with van der Waals surface area (Å²) in [6, 6.07) is 14.1. The monoisotopic (exact) mass is 382 g/mol. The Balaban J connectivity index is 2.08. The first-order chi connectivity index (χ1) is 13.1. The molecule has 0 radical (unpaired) electrons. The molecule has 1 N–H and O–H groups in total. The molecule has 2 aromatic carbocycles. The van der Waals surface area contributed by atoms with Crippen molar-refractivity contribution in [1.29, 1.82) is 0 Å². The molecular weight excluding hydrogens is 364 g/mol. The molecule has 138 valence electrons. The van der Waals surface area contributed by atoms with Crippen molar-refractivity contribution >= 4 is 34.7 Å². The predicted molar refractivity (Wildman–Crippen MR) is 107 cm³/mol. The van der Waals surface area contributed by atoms with Crippen LogP contribution in [0.15, 0.2) is 66.9 Å². The molecule has 0 aromatic heterocycles. The van der Waals surface area contributed by atoms with Gasteiger partial charge in [-0.25, -0.2) is 0 Å². The van der Waals surface area contributed by atoms with Gasteiger partial charge in [0.05, 0.1) is 17.9 Å². The number of nitrogens with zero attached hydrogens (tertiary/aromatic N) is 1. The number of carbonyl (C=O) groups is 2. The van der Waals surface area contributed by atoms with Gasteiger partial charge in [0.2, 0.25) is 0 Å². The van der Waals surface area contributed by atoms with Crippen LogP contribution in [0.25, 0.3) is 5.57 Å². The van der Waals surface area contributed by atoms with Crippen LogP contribution in [-0.4, -0.2) is 29.9 Å². The maximum absolute atomic E-state index is 12.9.